The number of carbonyl (C=O) groups is 2. The molecule has 0 unspecified atom stereocenters. The number of aromatic nitrogens is 1. The van der Waals surface area contributed by atoms with E-state index >= 15 is 0 Å². The number of Topliss-reactive ketones (excluding diaryl/α,β-unsaturated/α-hetero) is 1. The lowest BCUT2D eigenvalue weighted by Crippen LogP contribution is -2.30. The molecule has 8 heteroatoms. The van der Waals surface area contributed by atoms with Crippen molar-refractivity contribution < 1.29 is 14.7 Å². The van der Waals surface area contributed by atoms with E-state index in [1.54, 1.807) is 0 Å². The highest BCUT2D eigenvalue weighted by Gasteiger charge is 2.36. The quantitative estimate of drug-likeness (QED) is 0.490. The van der Waals surface area contributed by atoms with E-state index in [9.17, 15) is 9.59 Å². The molecular formula is C26H31BrN4O3. The first-order valence-corrected chi connectivity index (χ1v) is 11.7. The van der Waals surface area contributed by atoms with Crippen molar-refractivity contribution in [2.75, 3.05) is 24.5 Å². The summed E-state index contributed by atoms with van der Waals surface area (Å²) < 4.78 is 0. The maximum absolute atomic E-state index is 13.2. The number of carbonyl (C=O) groups excluding carboxylic acids is 1. The van der Waals surface area contributed by atoms with Crippen LogP contribution in [0.15, 0.2) is 30.3 Å². The van der Waals surface area contributed by atoms with E-state index in [0.717, 1.165) is 34.7 Å². The van der Waals surface area contributed by atoms with Gasteiger partial charge in [-0.1, -0.05) is 19.9 Å². The van der Waals surface area contributed by atoms with Gasteiger partial charge in [0.2, 0.25) is 0 Å². The summed E-state index contributed by atoms with van der Waals surface area (Å²) in [6.45, 7) is 6.53. The molecule has 0 radical (unpaired) electrons. The highest BCUT2D eigenvalue weighted by atomic mass is 79.9. The molecule has 180 valence electrons. The molecule has 1 fully saturated rings. The van der Waals surface area contributed by atoms with Gasteiger partial charge in [0.15, 0.2) is 5.78 Å². The number of fused-ring (bicyclic) bond motifs is 2. The molecule has 3 aliphatic rings. The van der Waals surface area contributed by atoms with Gasteiger partial charge in [0.05, 0.1) is 6.54 Å². The Morgan fingerprint density at radius 2 is 1.94 bits per heavy atom. The molecule has 34 heavy (non-hydrogen) atoms. The standard InChI is InChI=1S/C26H30N4O3.BrH/c1-26(2)15-29(11-3-4-23(32)33)21-10-8-17(12-19(21)26)22(31)14-30-13-18-7-9-20(16-5-6-16)28-24(18)25(30)27;/h7-10,12,16,27H,3-6,11,13-15H2,1-2H3,(H,32,33);1H. The molecule has 1 saturated carbocycles. The number of carboxylic acids is 1. The Bertz CT molecular complexity index is 1160. The van der Waals surface area contributed by atoms with Crippen LogP contribution in [0.1, 0.15) is 78.3 Å². The first-order chi connectivity index (χ1) is 15.7. The molecule has 0 bridgehead atoms. The minimum atomic E-state index is -0.775. The number of amidine groups is 1. The number of hydrogen-bond acceptors (Lipinski definition) is 5. The highest BCUT2D eigenvalue weighted by Crippen LogP contribution is 2.41. The monoisotopic (exact) mass is 526 g/mol. The fraction of sp³-hybridized carbons (Fsp3) is 0.462. The van der Waals surface area contributed by atoms with Crippen molar-refractivity contribution in [1.29, 1.82) is 5.41 Å². The highest BCUT2D eigenvalue weighted by molar-refractivity contribution is 8.93. The van der Waals surface area contributed by atoms with Crippen LogP contribution in [0.5, 0.6) is 0 Å². The maximum atomic E-state index is 13.2. The number of aliphatic carboxylic acids is 1. The van der Waals surface area contributed by atoms with Gasteiger partial charge in [-0.05, 0) is 49.1 Å². The van der Waals surface area contributed by atoms with Gasteiger partial charge >= 0.3 is 5.97 Å². The lowest BCUT2D eigenvalue weighted by Gasteiger charge is -2.22. The predicted octanol–water partition coefficient (Wildman–Crippen LogP) is 4.52. The van der Waals surface area contributed by atoms with Gasteiger partial charge in [0, 0.05) is 59.9 Å². The summed E-state index contributed by atoms with van der Waals surface area (Å²) in [5.74, 6) is 0.102. The van der Waals surface area contributed by atoms with E-state index in [4.69, 9.17) is 15.5 Å². The van der Waals surface area contributed by atoms with Crippen molar-refractivity contribution in [2.24, 2.45) is 0 Å². The largest absolute Gasteiger partial charge is 0.481 e. The Kier molecular flexibility index (Phi) is 6.55. The third kappa shape index (κ3) is 4.60. The zero-order valence-corrected chi connectivity index (χ0v) is 21.3. The molecule has 2 aliphatic heterocycles. The average Bonchev–Trinajstić information content (AvgIpc) is 3.53. The molecule has 1 aliphatic carbocycles. The van der Waals surface area contributed by atoms with Crippen LogP contribution in [0.25, 0.3) is 0 Å². The van der Waals surface area contributed by atoms with E-state index in [0.29, 0.717) is 36.8 Å². The summed E-state index contributed by atoms with van der Waals surface area (Å²) in [7, 11) is 0. The van der Waals surface area contributed by atoms with Crippen molar-refractivity contribution in [3.05, 3.63) is 58.4 Å². The summed E-state index contributed by atoms with van der Waals surface area (Å²) in [4.78, 5) is 32.8. The Morgan fingerprint density at radius 1 is 1.18 bits per heavy atom. The second kappa shape index (κ2) is 9.13. The number of hydrogen-bond donors (Lipinski definition) is 2. The predicted molar refractivity (Wildman–Crippen MR) is 137 cm³/mol. The Labute approximate surface area is 210 Å². The zero-order chi connectivity index (χ0) is 23.3. The van der Waals surface area contributed by atoms with Crippen LogP contribution in [-0.4, -0.2) is 52.2 Å². The Morgan fingerprint density at radius 3 is 2.65 bits per heavy atom. The summed E-state index contributed by atoms with van der Waals surface area (Å²) in [5, 5.41) is 17.5. The number of anilines is 1. The molecule has 5 rings (SSSR count). The second-order valence-corrected chi connectivity index (χ2v) is 10.2. The van der Waals surface area contributed by atoms with Crippen LogP contribution < -0.4 is 4.90 Å². The SMILES string of the molecule is Br.CC1(C)CN(CCCC(=O)O)c2ccc(C(=O)CN3Cc4ccc(C5CC5)nc4C3=N)cc21. The van der Waals surface area contributed by atoms with E-state index in [2.05, 4.69) is 30.9 Å². The van der Waals surface area contributed by atoms with Crippen LogP contribution in [-0.2, 0) is 16.8 Å². The number of benzene rings is 1. The molecule has 1 aromatic heterocycles. The minimum absolute atomic E-state index is 0. The summed E-state index contributed by atoms with van der Waals surface area (Å²) in [6.07, 6.45) is 3.10. The topological polar surface area (TPSA) is 97.6 Å². The van der Waals surface area contributed by atoms with Crippen LogP contribution in [0.3, 0.4) is 0 Å². The van der Waals surface area contributed by atoms with Crippen LogP contribution in [0, 0.1) is 5.41 Å². The number of carboxylic acid groups (broad SMARTS) is 1. The molecular weight excluding hydrogens is 496 g/mol. The molecule has 3 heterocycles. The minimum Gasteiger partial charge on any atom is -0.481 e. The summed E-state index contributed by atoms with van der Waals surface area (Å²) in [5.41, 5.74) is 5.56. The number of halogens is 1. The third-order valence-electron chi connectivity index (χ3n) is 7.03. The molecule has 7 nitrogen and oxygen atoms in total. The van der Waals surface area contributed by atoms with Crippen molar-refractivity contribution >= 4 is 40.3 Å². The second-order valence-electron chi connectivity index (χ2n) is 10.2. The zero-order valence-electron chi connectivity index (χ0n) is 19.6. The van der Waals surface area contributed by atoms with Crippen molar-refractivity contribution in [3.63, 3.8) is 0 Å². The summed E-state index contributed by atoms with van der Waals surface area (Å²) >= 11 is 0. The number of nitrogens with one attached hydrogen (secondary N) is 1. The Hall–Kier alpha value is -2.74. The van der Waals surface area contributed by atoms with Crippen molar-refractivity contribution in [1.82, 2.24) is 9.88 Å². The van der Waals surface area contributed by atoms with E-state index < -0.39 is 5.97 Å². The van der Waals surface area contributed by atoms with E-state index in [1.807, 2.05) is 23.1 Å². The Balaban J connectivity index is 0.00000274. The van der Waals surface area contributed by atoms with Gasteiger partial charge < -0.3 is 14.9 Å². The normalized spacial score (nSPS) is 17.9. The first kappa shape index (κ1) is 24.4. The van der Waals surface area contributed by atoms with Gasteiger partial charge in [-0.15, -0.1) is 17.0 Å². The maximum Gasteiger partial charge on any atom is 0.303 e. The molecule has 2 N–H and O–H groups in total. The van der Waals surface area contributed by atoms with Gasteiger partial charge in [-0.25, -0.2) is 4.98 Å². The molecule has 0 saturated heterocycles. The lowest BCUT2D eigenvalue weighted by atomic mass is 9.85. The van der Waals surface area contributed by atoms with Crippen molar-refractivity contribution in [3.8, 4) is 0 Å². The summed E-state index contributed by atoms with van der Waals surface area (Å²) in [6, 6.07) is 9.98. The fourth-order valence-electron chi connectivity index (χ4n) is 5.07. The molecule has 0 atom stereocenters. The van der Waals surface area contributed by atoms with Gasteiger partial charge in [0.25, 0.3) is 0 Å². The molecule has 0 spiro atoms. The average molecular weight is 527 g/mol. The van der Waals surface area contributed by atoms with E-state index in [-0.39, 0.29) is 41.1 Å². The van der Waals surface area contributed by atoms with Crippen LogP contribution in [0.4, 0.5) is 5.69 Å². The number of pyridine rings is 1. The molecule has 2 aromatic rings. The van der Waals surface area contributed by atoms with Gasteiger partial charge in [-0.2, -0.15) is 0 Å². The molecule has 0 amide bonds. The molecule has 1 aromatic carbocycles. The number of rotatable bonds is 8. The van der Waals surface area contributed by atoms with Crippen LogP contribution in [0.2, 0.25) is 0 Å². The number of nitrogens with zero attached hydrogens (tertiary/aromatic N) is 3. The smallest absolute Gasteiger partial charge is 0.303 e. The van der Waals surface area contributed by atoms with Gasteiger partial charge in [0.1, 0.15) is 11.5 Å². The van der Waals surface area contributed by atoms with Crippen molar-refractivity contribution in [2.45, 2.75) is 57.4 Å². The third-order valence-corrected chi connectivity index (χ3v) is 7.03. The van der Waals surface area contributed by atoms with E-state index in [1.165, 1.54) is 12.8 Å². The first-order valence-electron chi connectivity index (χ1n) is 11.7. The number of ketones is 1. The van der Waals surface area contributed by atoms with Crippen LogP contribution >= 0.6 is 17.0 Å². The lowest BCUT2D eigenvalue weighted by molar-refractivity contribution is -0.137. The van der Waals surface area contributed by atoms with Gasteiger partial charge in [-0.3, -0.25) is 15.0 Å². The fourth-order valence-corrected chi connectivity index (χ4v) is 5.07.